The first-order valence-electron chi connectivity index (χ1n) is 6.02. The summed E-state index contributed by atoms with van der Waals surface area (Å²) in [6.45, 7) is 3.22. The fraction of sp³-hybridized carbons (Fsp3) is 0.583. The summed E-state index contributed by atoms with van der Waals surface area (Å²) in [5.74, 6) is 0.730. The van der Waals surface area contributed by atoms with Gasteiger partial charge in [-0.2, -0.15) is 13.2 Å². The van der Waals surface area contributed by atoms with E-state index in [2.05, 4.69) is 4.98 Å². The molecule has 3 nitrogen and oxygen atoms in total. The molecule has 1 fully saturated rings. The van der Waals surface area contributed by atoms with Crippen LogP contribution in [-0.2, 0) is 6.18 Å². The van der Waals surface area contributed by atoms with Gasteiger partial charge in [0.25, 0.3) is 0 Å². The van der Waals surface area contributed by atoms with E-state index >= 15 is 0 Å². The lowest BCUT2D eigenvalue weighted by Crippen LogP contribution is -2.28. The molecule has 1 aliphatic rings. The van der Waals surface area contributed by atoms with Crippen LogP contribution >= 0.6 is 11.6 Å². The van der Waals surface area contributed by atoms with E-state index in [1.807, 2.05) is 11.8 Å². The van der Waals surface area contributed by atoms with E-state index < -0.39 is 11.7 Å². The Balaban J connectivity index is 2.27. The van der Waals surface area contributed by atoms with Crippen LogP contribution in [0.5, 0.6) is 0 Å². The van der Waals surface area contributed by atoms with Gasteiger partial charge in [-0.05, 0) is 31.9 Å². The van der Waals surface area contributed by atoms with Crippen molar-refractivity contribution in [1.82, 2.24) is 4.98 Å². The number of halogens is 4. The van der Waals surface area contributed by atoms with Gasteiger partial charge in [-0.1, -0.05) is 11.6 Å². The van der Waals surface area contributed by atoms with Gasteiger partial charge in [0.2, 0.25) is 0 Å². The Morgan fingerprint density at radius 2 is 2.21 bits per heavy atom. The second-order valence-corrected chi connectivity index (χ2v) is 5.27. The van der Waals surface area contributed by atoms with Crippen LogP contribution in [0.15, 0.2) is 12.3 Å². The standard InChI is InChI=1S/C12H15ClF3N3/c1-7-2-8(4-17)6-19(7)11-10(13)3-9(5-18-11)12(14,15)16/h3,5,7-8H,2,4,6,17H2,1H3. The van der Waals surface area contributed by atoms with Gasteiger partial charge < -0.3 is 10.6 Å². The summed E-state index contributed by atoms with van der Waals surface area (Å²) >= 11 is 5.94. The summed E-state index contributed by atoms with van der Waals surface area (Å²) in [6.07, 6.45) is -2.70. The molecule has 1 aromatic heterocycles. The molecule has 0 aromatic carbocycles. The second kappa shape index (κ2) is 5.17. The molecule has 0 aliphatic carbocycles. The van der Waals surface area contributed by atoms with E-state index in [0.29, 0.717) is 24.8 Å². The molecule has 2 rings (SSSR count). The van der Waals surface area contributed by atoms with Gasteiger partial charge in [-0.3, -0.25) is 0 Å². The molecule has 7 heteroatoms. The molecule has 106 valence electrons. The molecule has 1 aliphatic heterocycles. The zero-order valence-corrected chi connectivity index (χ0v) is 11.2. The number of hydrogen-bond acceptors (Lipinski definition) is 3. The largest absolute Gasteiger partial charge is 0.417 e. The Bertz CT molecular complexity index is 464. The maximum Gasteiger partial charge on any atom is 0.417 e. The van der Waals surface area contributed by atoms with Crippen LogP contribution in [0.4, 0.5) is 19.0 Å². The summed E-state index contributed by atoms with van der Waals surface area (Å²) in [4.78, 5) is 5.80. The fourth-order valence-corrected chi connectivity index (χ4v) is 2.68. The van der Waals surface area contributed by atoms with Crippen molar-refractivity contribution in [2.75, 3.05) is 18.0 Å². The molecule has 2 heterocycles. The average molecular weight is 294 g/mol. The Kier molecular flexibility index (Phi) is 3.92. The Labute approximate surface area is 114 Å². The smallest absolute Gasteiger partial charge is 0.352 e. The first-order valence-corrected chi connectivity index (χ1v) is 6.40. The number of pyridine rings is 1. The highest BCUT2D eigenvalue weighted by atomic mass is 35.5. The number of aromatic nitrogens is 1. The molecule has 0 bridgehead atoms. The highest BCUT2D eigenvalue weighted by Crippen LogP contribution is 2.36. The molecule has 2 atom stereocenters. The molecule has 0 radical (unpaired) electrons. The number of rotatable bonds is 2. The topological polar surface area (TPSA) is 42.1 Å². The van der Waals surface area contributed by atoms with E-state index in [1.165, 1.54) is 0 Å². The van der Waals surface area contributed by atoms with Gasteiger partial charge in [0.1, 0.15) is 5.82 Å². The quantitative estimate of drug-likeness (QED) is 0.911. The molecular weight excluding hydrogens is 279 g/mol. The Morgan fingerprint density at radius 1 is 1.53 bits per heavy atom. The summed E-state index contributed by atoms with van der Waals surface area (Å²) in [5, 5.41) is 0.0272. The molecular formula is C12H15ClF3N3. The van der Waals surface area contributed by atoms with Crippen molar-refractivity contribution < 1.29 is 13.2 Å². The number of alkyl halides is 3. The van der Waals surface area contributed by atoms with Crippen molar-refractivity contribution in [2.24, 2.45) is 11.7 Å². The number of nitrogens with zero attached hydrogens (tertiary/aromatic N) is 2. The van der Waals surface area contributed by atoms with Crippen molar-refractivity contribution in [3.05, 3.63) is 22.8 Å². The maximum atomic E-state index is 12.5. The van der Waals surface area contributed by atoms with Crippen LogP contribution in [0.25, 0.3) is 0 Å². The molecule has 1 saturated heterocycles. The Hall–Kier alpha value is -1.01. The molecule has 2 N–H and O–H groups in total. The normalized spacial score (nSPS) is 24.0. The SMILES string of the molecule is CC1CC(CN)CN1c1ncc(C(F)(F)F)cc1Cl. The predicted octanol–water partition coefficient (Wildman–Crippen LogP) is 2.93. The zero-order chi connectivity index (χ0) is 14.2. The highest BCUT2D eigenvalue weighted by Gasteiger charge is 2.34. The minimum atomic E-state index is -4.43. The molecule has 0 saturated carbocycles. The van der Waals surface area contributed by atoms with Gasteiger partial charge in [-0.15, -0.1) is 0 Å². The van der Waals surface area contributed by atoms with Gasteiger partial charge in [0, 0.05) is 18.8 Å². The van der Waals surface area contributed by atoms with Crippen molar-refractivity contribution >= 4 is 17.4 Å². The predicted molar refractivity (Wildman–Crippen MR) is 68.2 cm³/mol. The first-order chi connectivity index (χ1) is 8.82. The number of hydrogen-bond donors (Lipinski definition) is 1. The number of nitrogens with two attached hydrogens (primary N) is 1. The third-order valence-corrected chi connectivity index (χ3v) is 3.69. The van der Waals surface area contributed by atoms with Crippen LogP contribution in [0.1, 0.15) is 18.9 Å². The monoisotopic (exact) mass is 293 g/mol. The summed E-state index contributed by atoms with van der Waals surface area (Å²) in [7, 11) is 0. The lowest BCUT2D eigenvalue weighted by atomic mass is 10.1. The summed E-state index contributed by atoms with van der Waals surface area (Å²) < 4.78 is 37.6. The van der Waals surface area contributed by atoms with E-state index in [9.17, 15) is 13.2 Å². The van der Waals surface area contributed by atoms with Crippen molar-refractivity contribution in [3.8, 4) is 0 Å². The summed E-state index contributed by atoms with van der Waals surface area (Å²) in [5.41, 5.74) is 4.80. The number of anilines is 1. The van der Waals surface area contributed by atoms with Gasteiger partial charge >= 0.3 is 6.18 Å². The minimum Gasteiger partial charge on any atom is -0.352 e. The first kappa shape index (κ1) is 14.4. The molecule has 0 spiro atoms. The zero-order valence-electron chi connectivity index (χ0n) is 10.4. The maximum absolute atomic E-state index is 12.5. The summed E-state index contributed by atoms with van der Waals surface area (Å²) in [6, 6.07) is 1.10. The lowest BCUT2D eigenvalue weighted by Gasteiger charge is -2.24. The van der Waals surface area contributed by atoms with E-state index in [0.717, 1.165) is 18.7 Å². The van der Waals surface area contributed by atoms with Crippen LogP contribution in [0.2, 0.25) is 5.02 Å². The fourth-order valence-electron chi connectivity index (χ4n) is 2.41. The molecule has 2 unspecified atom stereocenters. The van der Waals surface area contributed by atoms with Crippen LogP contribution < -0.4 is 10.6 Å². The highest BCUT2D eigenvalue weighted by molar-refractivity contribution is 6.33. The van der Waals surface area contributed by atoms with E-state index in [4.69, 9.17) is 17.3 Å². The lowest BCUT2D eigenvalue weighted by molar-refractivity contribution is -0.137. The third kappa shape index (κ3) is 2.95. The second-order valence-electron chi connectivity index (χ2n) is 4.87. The van der Waals surface area contributed by atoms with E-state index in [1.54, 1.807) is 0 Å². The molecule has 0 amide bonds. The van der Waals surface area contributed by atoms with Crippen molar-refractivity contribution in [3.63, 3.8) is 0 Å². The van der Waals surface area contributed by atoms with Crippen LogP contribution in [0, 0.1) is 5.92 Å². The van der Waals surface area contributed by atoms with Crippen LogP contribution in [0.3, 0.4) is 0 Å². The third-order valence-electron chi connectivity index (χ3n) is 3.42. The van der Waals surface area contributed by atoms with Gasteiger partial charge in [0.05, 0.1) is 10.6 Å². The molecule has 1 aromatic rings. The van der Waals surface area contributed by atoms with Gasteiger partial charge in [0.15, 0.2) is 0 Å². The van der Waals surface area contributed by atoms with Crippen LogP contribution in [-0.4, -0.2) is 24.1 Å². The Morgan fingerprint density at radius 3 is 2.68 bits per heavy atom. The van der Waals surface area contributed by atoms with Crippen molar-refractivity contribution in [1.29, 1.82) is 0 Å². The average Bonchev–Trinajstić information content (AvgIpc) is 2.69. The molecule has 19 heavy (non-hydrogen) atoms. The van der Waals surface area contributed by atoms with Gasteiger partial charge in [-0.25, -0.2) is 4.98 Å². The van der Waals surface area contributed by atoms with E-state index in [-0.39, 0.29) is 11.1 Å². The van der Waals surface area contributed by atoms with Crippen molar-refractivity contribution in [2.45, 2.75) is 25.6 Å². The minimum absolute atomic E-state index is 0.0272.